The Balaban J connectivity index is 1.83. The second-order valence-electron chi connectivity index (χ2n) is 5.21. The molecule has 0 amide bonds. The molecule has 0 radical (unpaired) electrons. The third-order valence-corrected chi connectivity index (χ3v) is 4.87. The zero-order chi connectivity index (χ0) is 16.1. The van der Waals surface area contributed by atoms with Crippen LogP contribution in [0.25, 0.3) is 0 Å². The van der Waals surface area contributed by atoms with Gasteiger partial charge in [0.25, 0.3) is 0 Å². The molecule has 120 valence electrons. The molecule has 0 aromatic heterocycles. The normalized spacial score (nSPS) is 15.7. The molecule has 0 unspecified atom stereocenters. The van der Waals surface area contributed by atoms with Gasteiger partial charge in [-0.05, 0) is 61.1 Å². The number of methoxy groups -OCH3 is 2. The number of anilines is 1. The van der Waals surface area contributed by atoms with E-state index in [1.54, 1.807) is 14.2 Å². The van der Waals surface area contributed by atoms with E-state index >= 15 is 0 Å². The van der Waals surface area contributed by atoms with Crippen molar-refractivity contribution in [1.82, 2.24) is 0 Å². The lowest BCUT2D eigenvalue weighted by molar-refractivity contribution is 0.413. The Labute approximate surface area is 140 Å². The van der Waals surface area contributed by atoms with Crippen molar-refractivity contribution in [3.63, 3.8) is 0 Å². The second-order valence-corrected chi connectivity index (χ2v) is 6.35. The summed E-state index contributed by atoms with van der Waals surface area (Å²) in [6.45, 7) is 0. The molecular weight excluding hydrogens is 308 g/mol. The summed E-state index contributed by atoms with van der Waals surface area (Å²) in [5.74, 6) is 2.83. The predicted octanol–water partition coefficient (Wildman–Crippen LogP) is 4.41. The maximum Gasteiger partial charge on any atom is 0.120 e. The summed E-state index contributed by atoms with van der Waals surface area (Å²) in [5, 5.41) is 4.64. The van der Waals surface area contributed by atoms with Gasteiger partial charge in [-0.25, -0.2) is 0 Å². The molecule has 1 aliphatic rings. The molecule has 0 aliphatic carbocycles. The van der Waals surface area contributed by atoms with E-state index in [9.17, 15) is 0 Å². The summed E-state index contributed by atoms with van der Waals surface area (Å²) < 4.78 is 10.5. The average molecular weight is 328 g/mol. The molecule has 0 bridgehead atoms. The number of ether oxygens (including phenoxy) is 2. The van der Waals surface area contributed by atoms with Gasteiger partial charge in [-0.15, -0.1) is 11.8 Å². The van der Waals surface area contributed by atoms with Crippen molar-refractivity contribution in [2.75, 3.05) is 25.4 Å². The van der Waals surface area contributed by atoms with Crippen molar-refractivity contribution in [3.05, 3.63) is 48.0 Å². The highest BCUT2D eigenvalue weighted by atomic mass is 32.2. The fourth-order valence-corrected chi connectivity index (χ4v) is 3.51. The first kappa shape index (κ1) is 15.7. The number of hydrogen-bond acceptors (Lipinski definition) is 5. The lowest BCUT2D eigenvalue weighted by atomic mass is 10.1. The van der Waals surface area contributed by atoms with E-state index in [0.29, 0.717) is 0 Å². The number of rotatable bonds is 4. The molecule has 0 atom stereocenters. The molecule has 2 aromatic rings. The summed E-state index contributed by atoms with van der Waals surface area (Å²) in [4.78, 5) is 1.23. The molecule has 0 fully saturated rings. The molecule has 0 saturated carbocycles. The summed E-state index contributed by atoms with van der Waals surface area (Å²) in [7, 11) is 3.36. The molecular formula is C18H20N2O2S. The Morgan fingerprint density at radius 1 is 1.00 bits per heavy atom. The van der Waals surface area contributed by atoms with Crippen LogP contribution < -0.4 is 14.9 Å². The van der Waals surface area contributed by atoms with E-state index in [2.05, 4.69) is 22.7 Å². The lowest BCUT2D eigenvalue weighted by Crippen LogP contribution is -2.05. The second kappa shape index (κ2) is 7.42. The standard InChI is InChI=1S/C18H20N2O2S/c1-21-14-7-5-13(6-8-14)19-20-17-4-3-11-23-18-12-15(22-2)9-10-16(17)18/h5-10,12,19H,3-4,11H2,1-2H3/b20-17+. The molecule has 1 N–H and O–H groups in total. The number of hydrazone groups is 1. The van der Waals surface area contributed by atoms with Crippen LogP contribution in [0.4, 0.5) is 5.69 Å². The van der Waals surface area contributed by atoms with Crippen molar-refractivity contribution >= 4 is 23.2 Å². The zero-order valence-electron chi connectivity index (χ0n) is 13.3. The van der Waals surface area contributed by atoms with Crippen LogP contribution in [0.5, 0.6) is 11.5 Å². The van der Waals surface area contributed by atoms with Crippen molar-refractivity contribution in [2.45, 2.75) is 17.7 Å². The molecule has 23 heavy (non-hydrogen) atoms. The minimum atomic E-state index is 0.839. The number of nitrogens with one attached hydrogen (secondary N) is 1. The van der Waals surface area contributed by atoms with Gasteiger partial charge in [-0.3, -0.25) is 5.43 Å². The maximum atomic E-state index is 5.33. The highest BCUT2D eigenvalue weighted by Gasteiger charge is 2.15. The monoisotopic (exact) mass is 328 g/mol. The predicted molar refractivity (Wildman–Crippen MR) is 96.1 cm³/mol. The van der Waals surface area contributed by atoms with E-state index in [1.807, 2.05) is 42.1 Å². The van der Waals surface area contributed by atoms with Crippen LogP contribution in [-0.2, 0) is 0 Å². The third kappa shape index (κ3) is 3.79. The zero-order valence-corrected chi connectivity index (χ0v) is 14.2. The summed E-state index contributed by atoms with van der Waals surface area (Å²) >= 11 is 1.86. The SMILES string of the molecule is COc1ccc(N/N=C2\CCCSc3cc(OC)ccc32)cc1. The molecule has 1 heterocycles. The molecule has 0 saturated heterocycles. The smallest absolute Gasteiger partial charge is 0.120 e. The van der Waals surface area contributed by atoms with E-state index in [1.165, 1.54) is 10.5 Å². The minimum Gasteiger partial charge on any atom is -0.497 e. The largest absolute Gasteiger partial charge is 0.497 e. The average Bonchev–Trinajstić information content (AvgIpc) is 2.81. The van der Waals surface area contributed by atoms with E-state index < -0.39 is 0 Å². The quantitative estimate of drug-likeness (QED) is 0.845. The highest BCUT2D eigenvalue weighted by molar-refractivity contribution is 7.99. The molecule has 3 rings (SSSR count). The van der Waals surface area contributed by atoms with Gasteiger partial charge >= 0.3 is 0 Å². The van der Waals surface area contributed by atoms with Crippen LogP contribution in [0, 0.1) is 0 Å². The van der Waals surface area contributed by atoms with Crippen LogP contribution in [0.2, 0.25) is 0 Å². The molecule has 4 nitrogen and oxygen atoms in total. The lowest BCUT2D eigenvalue weighted by Gasteiger charge is -2.10. The van der Waals surface area contributed by atoms with Crippen LogP contribution in [-0.4, -0.2) is 25.7 Å². The van der Waals surface area contributed by atoms with Crippen molar-refractivity contribution in [2.24, 2.45) is 5.10 Å². The first-order valence-electron chi connectivity index (χ1n) is 7.58. The maximum absolute atomic E-state index is 5.33. The number of thioether (sulfide) groups is 1. The Morgan fingerprint density at radius 3 is 2.48 bits per heavy atom. The minimum absolute atomic E-state index is 0.839. The van der Waals surface area contributed by atoms with Crippen LogP contribution in [0.1, 0.15) is 18.4 Å². The molecule has 1 aliphatic heterocycles. The van der Waals surface area contributed by atoms with Crippen molar-refractivity contribution in [3.8, 4) is 11.5 Å². The van der Waals surface area contributed by atoms with Gasteiger partial charge in [-0.2, -0.15) is 5.10 Å². The topological polar surface area (TPSA) is 42.8 Å². The first-order valence-corrected chi connectivity index (χ1v) is 8.56. The van der Waals surface area contributed by atoms with Crippen LogP contribution in [0.3, 0.4) is 0 Å². The Hall–Kier alpha value is -2.14. The fraction of sp³-hybridized carbons (Fsp3) is 0.278. The van der Waals surface area contributed by atoms with Gasteiger partial charge in [0.05, 0.1) is 25.6 Å². The van der Waals surface area contributed by atoms with Crippen LogP contribution >= 0.6 is 11.8 Å². The van der Waals surface area contributed by atoms with Gasteiger partial charge in [0, 0.05) is 10.5 Å². The number of fused-ring (bicyclic) bond motifs is 1. The van der Waals surface area contributed by atoms with E-state index in [0.717, 1.165) is 41.5 Å². The van der Waals surface area contributed by atoms with E-state index in [4.69, 9.17) is 9.47 Å². The molecule has 5 heteroatoms. The third-order valence-electron chi connectivity index (χ3n) is 3.73. The van der Waals surface area contributed by atoms with Gasteiger partial charge in [0.15, 0.2) is 0 Å². The van der Waals surface area contributed by atoms with Gasteiger partial charge < -0.3 is 9.47 Å². The van der Waals surface area contributed by atoms with Crippen LogP contribution in [0.15, 0.2) is 52.5 Å². The Kier molecular flexibility index (Phi) is 5.08. The van der Waals surface area contributed by atoms with E-state index in [-0.39, 0.29) is 0 Å². The van der Waals surface area contributed by atoms with Gasteiger partial charge in [-0.1, -0.05) is 0 Å². The van der Waals surface area contributed by atoms with Gasteiger partial charge in [0.2, 0.25) is 0 Å². The summed E-state index contributed by atoms with van der Waals surface area (Å²) in [5.41, 5.74) is 6.38. The van der Waals surface area contributed by atoms with Gasteiger partial charge in [0.1, 0.15) is 11.5 Å². The number of nitrogens with zero attached hydrogens (tertiary/aromatic N) is 1. The molecule has 0 spiro atoms. The Morgan fingerprint density at radius 2 is 1.74 bits per heavy atom. The summed E-state index contributed by atoms with van der Waals surface area (Å²) in [6, 6.07) is 13.9. The number of benzene rings is 2. The van der Waals surface area contributed by atoms with Crippen molar-refractivity contribution < 1.29 is 9.47 Å². The Bertz CT molecular complexity index is 699. The number of hydrogen-bond donors (Lipinski definition) is 1. The first-order chi connectivity index (χ1) is 11.3. The van der Waals surface area contributed by atoms with Crippen molar-refractivity contribution in [1.29, 1.82) is 0 Å². The fourth-order valence-electron chi connectivity index (χ4n) is 2.46. The highest BCUT2D eigenvalue weighted by Crippen LogP contribution is 2.32. The summed E-state index contributed by atoms with van der Waals surface area (Å²) in [6.07, 6.45) is 2.08. The molecule has 2 aromatic carbocycles.